The maximum absolute atomic E-state index is 5.51. The Morgan fingerprint density at radius 1 is 1.44 bits per heavy atom. The first-order chi connectivity index (χ1) is 7.67. The van der Waals surface area contributed by atoms with Crippen LogP contribution in [0.25, 0.3) is 10.9 Å². The summed E-state index contributed by atoms with van der Waals surface area (Å²) in [5.74, 6) is 6.24. The van der Waals surface area contributed by atoms with Gasteiger partial charge >= 0.3 is 0 Å². The molecule has 84 valence electrons. The highest BCUT2D eigenvalue weighted by Crippen LogP contribution is 2.35. The molecule has 0 saturated carbocycles. The molecule has 0 amide bonds. The first kappa shape index (κ1) is 11.2. The molecule has 2 rings (SSSR count). The summed E-state index contributed by atoms with van der Waals surface area (Å²) in [6, 6.07) is 5.69. The predicted octanol–water partition coefficient (Wildman–Crippen LogP) is 2.60. The van der Waals surface area contributed by atoms with Gasteiger partial charge in [0.15, 0.2) is 0 Å². The number of pyridine rings is 1. The molecule has 1 heterocycles. The Bertz CT molecular complexity index is 542. The van der Waals surface area contributed by atoms with Gasteiger partial charge in [0.1, 0.15) is 11.3 Å². The van der Waals surface area contributed by atoms with Gasteiger partial charge < -0.3 is 10.2 Å². The number of nitrogens with zero attached hydrogens (tertiary/aromatic N) is 1. The number of hydrogen-bond acceptors (Lipinski definition) is 4. The standard InChI is InChI=1S/C11H12BrN3O/c1-6-5-8(15-13)10-7(12)3-4-9(16-2)11(10)14-6/h3-5H,13H2,1-2H3,(H,14,15). The average Bonchev–Trinajstić information content (AvgIpc) is 2.28. The minimum atomic E-state index is 0.735. The fourth-order valence-corrected chi connectivity index (χ4v) is 2.22. The molecule has 3 N–H and O–H groups in total. The van der Waals surface area contributed by atoms with Crippen molar-refractivity contribution in [3.05, 3.63) is 28.4 Å². The Balaban J connectivity index is 2.91. The van der Waals surface area contributed by atoms with Crippen molar-refractivity contribution < 1.29 is 4.74 Å². The number of methoxy groups -OCH3 is 1. The molecule has 0 saturated heterocycles. The number of nitrogens with one attached hydrogen (secondary N) is 1. The minimum absolute atomic E-state index is 0.735. The van der Waals surface area contributed by atoms with Crippen molar-refractivity contribution in [3.63, 3.8) is 0 Å². The molecule has 0 aliphatic heterocycles. The van der Waals surface area contributed by atoms with Crippen LogP contribution in [0.15, 0.2) is 22.7 Å². The van der Waals surface area contributed by atoms with Gasteiger partial charge in [-0.05, 0) is 25.1 Å². The van der Waals surface area contributed by atoms with Gasteiger partial charge in [0, 0.05) is 15.6 Å². The molecule has 16 heavy (non-hydrogen) atoms. The van der Waals surface area contributed by atoms with Crippen LogP contribution in [0.2, 0.25) is 0 Å². The predicted molar refractivity (Wildman–Crippen MR) is 68.5 cm³/mol. The van der Waals surface area contributed by atoms with E-state index in [1.807, 2.05) is 25.1 Å². The normalized spacial score (nSPS) is 10.5. The summed E-state index contributed by atoms with van der Waals surface area (Å²) >= 11 is 3.49. The van der Waals surface area contributed by atoms with Gasteiger partial charge in [-0.15, -0.1) is 0 Å². The molecule has 0 aliphatic carbocycles. The molecular formula is C11H12BrN3O. The fraction of sp³-hybridized carbons (Fsp3) is 0.182. The van der Waals surface area contributed by atoms with Crippen LogP contribution in [0.4, 0.5) is 5.69 Å². The molecule has 1 aromatic carbocycles. The Labute approximate surface area is 102 Å². The molecule has 0 unspecified atom stereocenters. The number of nitrogens with two attached hydrogens (primary N) is 1. The summed E-state index contributed by atoms with van der Waals surface area (Å²) in [7, 11) is 1.63. The number of rotatable bonds is 2. The van der Waals surface area contributed by atoms with Crippen molar-refractivity contribution in [2.24, 2.45) is 5.84 Å². The van der Waals surface area contributed by atoms with Crippen LogP contribution in [0.3, 0.4) is 0 Å². The SMILES string of the molecule is COc1ccc(Br)c2c(NN)cc(C)nc12. The Hall–Kier alpha value is -1.33. The van der Waals surface area contributed by atoms with E-state index in [0.29, 0.717) is 0 Å². The van der Waals surface area contributed by atoms with E-state index in [1.54, 1.807) is 7.11 Å². The Morgan fingerprint density at radius 3 is 2.81 bits per heavy atom. The minimum Gasteiger partial charge on any atom is -0.494 e. The van der Waals surface area contributed by atoms with Gasteiger partial charge in [-0.3, -0.25) is 5.84 Å². The number of anilines is 1. The summed E-state index contributed by atoms with van der Waals surface area (Å²) in [5, 5.41) is 0.924. The van der Waals surface area contributed by atoms with E-state index in [2.05, 4.69) is 26.3 Å². The first-order valence-corrected chi connectivity index (χ1v) is 5.57. The summed E-state index contributed by atoms with van der Waals surface area (Å²) in [6.45, 7) is 1.92. The van der Waals surface area contributed by atoms with E-state index in [1.165, 1.54) is 0 Å². The van der Waals surface area contributed by atoms with Crippen LogP contribution < -0.4 is 16.0 Å². The van der Waals surface area contributed by atoms with Crippen LogP contribution in [-0.2, 0) is 0 Å². The van der Waals surface area contributed by atoms with E-state index < -0.39 is 0 Å². The molecular weight excluding hydrogens is 270 g/mol. The fourth-order valence-electron chi connectivity index (χ4n) is 1.68. The molecule has 0 atom stereocenters. The van der Waals surface area contributed by atoms with Gasteiger partial charge in [-0.25, -0.2) is 4.98 Å². The summed E-state index contributed by atoms with van der Waals surface area (Å²) < 4.78 is 6.22. The zero-order valence-electron chi connectivity index (χ0n) is 9.04. The number of ether oxygens (including phenoxy) is 1. The number of halogens is 1. The Morgan fingerprint density at radius 2 is 2.19 bits per heavy atom. The molecule has 0 aliphatic rings. The van der Waals surface area contributed by atoms with E-state index in [4.69, 9.17) is 10.6 Å². The third-order valence-electron chi connectivity index (χ3n) is 2.38. The van der Waals surface area contributed by atoms with E-state index in [0.717, 1.165) is 32.5 Å². The van der Waals surface area contributed by atoms with Crippen molar-refractivity contribution in [2.75, 3.05) is 12.5 Å². The molecule has 0 spiro atoms. The van der Waals surface area contributed by atoms with Crippen molar-refractivity contribution >= 4 is 32.5 Å². The maximum Gasteiger partial charge on any atom is 0.145 e. The lowest BCUT2D eigenvalue weighted by Crippen LogP contribution is -2.08. The zero-order valence-corrected chi connectivity index (χ0v) is 10.6. The van der Waals surface area contributed by atoms with Gasteiger partial charge in [-0.1, -0.05) is 15.9 Å². The highest BCUT2D eigenvalue weighted by molar-refractivity contribution is 9.10. The largest absolute Gasteiger partial charge is 0.494 e. The summed E-state index contributed by atoms with van der Waals surface area (Å²) in [6.07, 6.45) is 0. The first-order valence-electron chi connectivity index (χ1n) is 4.78. The number of fused-ring (bicyclic) bond motifs is 1. The van der Waals surface area contributed by atoms with E-state index in [-0.39, 0.29) is 0 Å². The molecule has 1 aromatic heterocycles. The maximum atomic E-state index is 5.51. The average molecular weight is 282 g/mol. The molecule has 2 aromatic rings. The highest BCUT2D eigenvalue weighted by atomic mass is 79.9. The van der Waals surface area contributed by atoms with Crippen LogP contribution >= 0.6 is 15.9 Å². The van der Waals surface area contributed by atoms with Crippen LogP contribution in [0.1, 0.15) is 5.69 Å². The number of benzene rings is 1. The highest BCUT2D eigenvalue weighted by Gasteiger charge is 2.11. The number of hydrazine groups is 1. The number of aryl methyl sites for hydroxylation is 1. The van der Waals surface area contributed by atoms with Crippen molar-refractivity contribution in [2.45, 2.75) is 6.92 Å². The van der Waals surface area contributed by atoms with Gasteiger partial charge in [0.05, 0.1) is 12.8 Å². The third kappa shape index (κ3) is 1.72. The van der Waals surface area contributed by atoms with Gasteiger partial charge in [0.25, 0.3) is 0 Å². The molecule has 0 bridgehead atoms. The smallest absolute Gasteiger partial charge is 0.145 e. The van der Waals surface area contributed by atoms with Crippen molar-refractivity contribution in [3.8, 4) is 5.75 Å². The monoisotopic (exact) mass is 281 g/mol. The zero-order chi connectivity index (χ0) is 11.7. The lowest BCUT2D eigenvalue weighted by molar-refractivity contribution is 0.419. The Kier molecular flexibility index (Phi) is 2.98. The second kappa shape index (κ2) is 4.27. The van der Waals surface area contributed by atoms with E-state index >= 15 is 0 Å². The van der Waals surface area contributed by atoms with Crippen LogP contribution in [0, 0.1) is 6.92 Å². The molecule has 0 radical (unpaired) electrons. The lowest BCUT2D eigenvalue weighted by Gasteiger charge is -2.11. The quantitative estimate of drug-likeness (QED) is 0.656. The third-order valence-corrected chi connectivity index (χ3v) is 3.04. The van der Waals surface area contributed by atoms with Crippen molar-refractivity contribution in [1.82, 2.24) is 4.98 Å². The topological polar surface area (TPSA) is 60.2 Å². The second-order valence-corrected chi connectivity index (χ2v) is 4.28. The van der Waals surface area contributed by atoms with E-state index in [9.17, 15) is 0 Å². The van der Waals surface area contributed by atoms with Gasteiger partial charge in [0.2, 0.25) is 0 Å². The number of hydrogen-bond donors (Lipinski definition) is 2. The number of aromatic nitrogens is 1. The summed E-state index contributed by atoms with van der Waals surface area (Å²) in [5.41, 5.74) is 5.19. The van der Waals surface area contributed by atoms with Crippen LogP contribution in [0.5, 0.6) is 5.75 Å². The number of nitrogen functional groups attached to an aromatic ring is 1. The second-order valence-electron chi connectivity index (χ2n) is 3.43. The molecule has 4 nitrogen and oxygen atoms in total. The van der Waals surface area contributed by atoms with Crippen LogP contribution in [-0.4, -0.2) is 12.1 Å². The molecule has 0 fully saturated rings. The lowest BCUT2D eigenvalue weighted by atomic mass is 10.1. The van der Waals surface area contributed by atoms with Gasteiger partial charge in [-0.2, -0.15) is 0 Å². The van der Waals surface area contributed by atoms with Crippen molar-refractivity contribution in [1.29, 1.82) is 0 Å². The summed E-state index contributed by atoms with van der Waals surface area (Å²) in [4.78, 5) is 4.47. The molecule has 5 heteroatoms.